The van der Waals surface area contributed by atoms with Gasteiger partial charge in [0.15, 0.2) is 0 Å². The van der Waals surface area contributed by atoms with Crippen molar-refractivity contribution < 1.29 is 24.0 Å². The normalized spacial score (nSPS) is 17.2. The van der Waals surface area contributed by atoms with Crippen molar-refractivity contribution in [3.63, 3.8) is 0 Å². The van der Waals surface area contributed by atoms with Crippen LogP contribution in [-0.4, -0.2) is 90.3 Å². The van der Waals surface area contributed by atoms with E-state index in [0.29, 0.717) is 97.5 Å². The zero-order chi connectivity index (χ0) is 47.7. The highest BCUT2D eigenvalue weighted by Gasteiger charge is 2.40. The Bertz CT molecular complexity index is 2350. The third-order valence-corrected chi connectivity index (χ3v) is 15.8. The van der Waals surface area contributed by atoms with Gasteiger partial charge in [-0.3, -0.25) is 43.6 Å². The predicted octanol–water partition coefficient (Wildman–Crippen LogP) is 12.2. The van der Waals surface area contributed by atoms with Crippen LogP contribution in [-0.2, 0) is 0 Å². The molecule has 4 heterocycles. The fourth-order valence-corrected chi connectivity index (χ4v) is 10.8. The van der Waals surface area contributed by atoms with Crippen LogP contribution in [0.4, 0.5) is 0 Å². The minimum Gasteiger partial charge on any atom is -0.298 e. The van der Waals surface area contributed by atoms with Gasteiger partial charge in [0.25, 0.3) is 29.5 Å². The Hall–Kier alpha value is -4.78. The summed E-state index contributed by atoms with van der Waals surface area (Å²) in [6.45, 7) is 19.3. The van der Waals surface area contributed by atoms with Gasteiger partial charge in [0.05, 0.1) is 0 Å². The van der Waals surface area contributed by atoms with E-state index in [1.807, 2.05) is 30.3 Å². The Labute approximate surface area is 406 Å². The summed E-state index contributed by atoms with van der Waals surface area (Å²) < 4.78 is 0. The Kier molecular flexibility index (Phi) is 15.3. The van der Waals surface area contributed by atoms with Crippen LogP contribution >= 0.6 is 36.7 Å². The molecule has 4 atom stereocenters. The van der Waals surface area contributed by atoms with E-state index in [1.54, 1.807) is 32.9 Å². The molecule has 0 aromatic heterocycles. The van der Waals surface area contributed by atoms with E-state index in [0.717, 1.165) is 91.7 Å². The van der Waals surface area contributed by atoms with Crippen LogP contribution in [0.2, 0.25) is 0 Å². The maximum absolute atomic E-state index is 13.6. The predicted molar refractivity (Wildman–Crippen MR) is 277 cm³/mol. The molecule has 5 amide bonds. The zero-order valence-corrected chi connectivity index (χ0v) is 42.3. The summed E-state index contributed by atoms with van der Waals surface area (Å²) in [6, 6.07) is 14.7. The lowest BCUT2D eigenvalue weighted by Crippen LogP contribution is -2.45. The van der Waals surface area contributed by atoms with E-state index in [-0.39, 0.29) is 35.5 Å². The number of unbranched alkanes of at least 4 members (excludes halogenated alkanes) is 2. The highest BCUT2D eigenvalue weighted by molar-refractivity contribution is 7.81. The van der Waals surface area contributed by atoms with Gasteiger partial charge in [-0.15, -0.1) is 0 Å². The number of carbonyl (C=O) groups excluding carboxylic acids is 5. The molecule has 8 rings (SSSR count). The minimum atomic E-state index is -0.272. The van der Waals surface area contributed by atoms with Crippen molar-refractivity contribution in [3.05, 3.63) is 93.0 Å². The molecule has 0 spiro atoms. The fourth-order valence-electron chi connectivity index (χ4n) is 9.84. The second kappa shape index (κ2) is 20.6. The number of hydrogen-bond donors (Lipinski definition) is 0. The fraction of sp³-hybridized carbons (Fsp3) is 0.481. The van der Waals surface area contributed by atoms with E-state index < -0.39 is 0 Å². The van der Waals surface area contributed by atoms with E-state index in [1.165, 1.54) is 4.90 Å². The number of rotatable bonds is 18. The van der Waals surface area contributed by atoms with E-state index in [9.17, 15) is 24.0 Å². The molecule has 0 radical (unpaired) electrons. The van der Waals surface area contributed by atoms with Gasteiger partial charge >= 0.3 is 0 Å². The van der Waals surface area contributed by atoms with Crippen LogP contribution in [0.15, 0.2) is 48.5 Å². The topological polar surface area (TPSA) is 98.3 Å². The third-order valence-electron chi connectivity index (χ3n) is 14.5. The number of hydrogen-bond acceptors (Lipinski definition) is 8. The maximum atomic E-state index is 13.6. The summed E-state index contributed by atoms with van der Waals surface area (Å²) in [5.74, 6) is 0.540. The highest BCUT2D eigenvalue weighted by atomic mass is 32.1. The molecule has 4 aromatic rings. The smallest absolute Gasteiger partial charge is 0.261 e. The Morgan fingerprint density at radius 2 is 0.636 bits per heavy atom. The van der Waals surface area contributed by atoms with Crippen molar-refractivity contribution in [2.24, 2.45) is 23.7 Å². The van der Waals surface area contributed by atoms with Gasteiger partial charge in [0.1, 0.15) is 15.0 Å². The largest absolute Gasteiger partial charge is 0.298 e. The number of carbonyl (C=O) groups is 5. The molecule has 0 N–H and O–H groups in total. The van der Waals surface area contributed by atoms with Gasteiger partial charge in [0.2, 0.25) is 0 Å². The number of amides is 5. The van der Waals surface area contributed by atoms with Crippen LogP contribution in [0, 0.1) is 23.7 Å². The summed E-state index contributed by atoms with van der Waals surface area (Å²) >= 11 is 17.3. The summed E-state index contributed by atoms with van der Waals surface area (Å²) in [5, 5.41) is 2.81. The molecule has 348 valence electrons. The van der Waals surface area contributed by atoms with Crippen molar-refractivity contribution in [1.29, 1.82) is 0 Å². The van der Waals surface area contributed by atoms with Gasteiger partial charge in [-0.1, -0.05) is 162 Å². The minimum absolute atomic E-state index is 0.0634. The first-order valence-electron chi connectivity index (χ1n) is 24.3. The molecule has 4 unspecified atom stereocenters. The molecule has 0 saturated heterocycles. The monoisotopic (exact) mass is 944 g/mol. The van der Waals surface area contributed by atoms with Gasteiger partial charge in [0, 0.05) is 92.2 Å². The molecule has 4 aromatic carbocycles. The Morgan fingerprint density at radius 3 is 0.924 bits per heavy atom. The maximum Gasteiger partial charge on any atom is 0.261 e. The summed E-state index contributed by atoms with van der Waals surface area (Å²) in [4.78, 5) is 75.4. The first-order chi connectivity index (χ1) is 31.7. The van der Waals surface area contributed by atoms with Gasteiger partial charge < -0.3 is 0 Å². The van der Waals surface area contributed by atoms with Crippen molar-refractivity contribution in [2.75, 3.05) is 26.2 Å². The van der Waals surface area contributed by atoms with Crippen LogP contribution in [0.3, 0.4) is 0 Å². The molecule has 0 aliphatic carbocycles. The van der Waals surface area contributed by atoms with Crippen molar-refractivity contribution in [1.82, 2.24) is 19.6 Å². The molecule has 66 heavy (non-hydrogen) atoms. The lowest BCUT2D eigenvalue weighted by atomic mass is 9.85. The SMILES string of the molecule is CCCCC(CC)CN1C(=O)c2ccc3c4c(ccc(c24)C1=O)C(=S)N(CC(C)CC)C3=O.CCCCC(CC)CN1C(=O)c2ccc3c4c(ccc(c24)C1=S)C(=O)N(CC(C)CC)C3=S. The standard InChI is InChI=1S/C27H32N2O3S.C27H32N2O2S2/c1-5-8-9-17(7-3)15-28-24(30)18-10-11-20-23-21(13-12-19(22(18)23)25(28)31)27(33)29(26(20)32)14-16(4)6-2;1-5-8-9-17(7-3)15-29-25(31)19-11-12-20-22-18(10-13-21(23(19)22)27(29)33)24(30)28(26(20)32)14-16(4)6-2/h2*10-13,16-17H,5-9,14-15H2,1-4H3. The first kappa shape index (κ1) is 49.1. The van der Waals surface area contributed by atoms with Crippen molar-refractivity contribution in [2.45, 2.75) is 120 Å². The molecule has 12 heteroatoms. The summed E-state index contributed by atoms with van der Waals surface area (Å²) in [7, 11) is 0. The van der Waals surface area contributed by atoms with Crippen LogP contribution < -0.4 is 0 Å². The number of thiocarbonyl (C=S) groups is 3. The number of imide groups is 1. The average Bonchev–Trinajstić information content (AvgIpc) is 3.33. The number of nitrogens with zero attached hydrogens (tertiary/aromatic N) is 4. The summed E-state index contributed by atoms with van der Waals surface area (Å²) in [6.07, 6.45) is 10.4. The molecule has 0 fully saturated rings. The zero-order valence-electron chi connectivity index (χ0n) is 39.9. The second-order valence-corrected chi connectivity index (χ2v) is 20.0. The molecular weight excluding hydrogens is 881 g/mol. The Morgan fingerprint density at radius 1 is 0.379 bits per heavy atom. The first-order valence-corrected chi connectivity index (χ1v) is 25.5. The van der Waals surface area contributed by atoms with E-state index in [2.05, 4.69) is 55.4 Å². The highest BCUT2D eigenvalue weighted by Crippen LogP contribution is 2.41. The molecule has 4 aliphatic rings. The molecule has 4 aliphatic heterocycles. The van der Waals surface area contributed by atoms with Crippen molar-refractivity contribution >= 4 is 103 Å². The summed E-state index contributed by atoms with van der Waals surface area (Å²) in [5.41, 5.74) is 5.19. The van der Waals surface area contributed by atoms with Gasteiger partial charge in [-0.25, -0.2) is 0 Å². The number of benzene rings is 4. The van der Waals surface area contributed by atoms with E-state index in [4.69, 9.17) is 36.7 Å². The molecule has 9 nitrogen and oxygen atoms in total. The lowest BCUT2D eigenvalue weighted by Gasteiger charge is -2.36. The van der Waals surface area contributed by atoms with Crippen LogP contribution in [0.1, 0.15) is 188 Å². The quantitative estimate of drug-likeness (QED) is 0.0719. The average molecular weight is 945 g/mol. The van der Waals surface area contributed by atoms with Crippen molar-refractivity contribution in [3.8, 4) is 0 Å². The Balaban J connectivity index is 0.000000196. The molecular formula is C54H64N4O5S3. The third kappa shape index (κ3) is 8.78. The van der Waals surface area contributed by atoms with Gasteiger partial charge in [-0.2, -0.15) is 0 Å². The van der Waals surface area contributed by atoms with Gasteiger partial charge in [-0.05, 0) is 66.8 Å². The molecule has 0 bridgehead atoms. The van der Waals surface area contributed by atoms with Crippen LogP contribution in [0.5, 0.6) is 0 Å². The van der Waals surface area contributed by atoms with E-state index >= 15 is 0 Å². The second-order valence-electron chi connectivity index (χ2n) is 18.9. The van der Waals surface area contributed by atoms with Crippen LogP contribution in [0.25, 0.3) is 21.5 Å². The molecule has 0 saturated carbocycles. The lowest BCUT2D eigenvalue weighted by molar-refractivity contribution is 0.0578.